The first kappa shape index (κ1) is 17.9. The summed E-state index contributed by atoms with van der Waals surface area (Å²) in [7, 11) is 0. The number of anilines is 2. The molecule has 3 aromatic heterocycles. The summed E-state index contributed by atoms with van der Waals surface area (Å²) in [4.78, 5) is 21.7. The summed E-state index contributed by atoms with van der Waals surface area (Å²) < 4.78 is 0. The van der Waals surface area contributed by atoms with Crippen LogP contribution in [-0.2, 0) is 0 Å². The van der Waals surface area contributed by atoms with Crippen LogP contribution in [0, 0.1) is 18.3 Å². The van der Waals surface area contributed by atoms with Gasteiger partial charge in [0.25, 0.3) is 0 Å². The smallest absolute Gasteiger partial charge is 0.150 e. The third-order valence-corrected chi connectivity index (χ3v) is 3.99. The van der Waals surface area contributed by atoms with Crippen LogP contribution in [-0.4, -0.2) is 24.9 Å². The number of rotatable bonds is 5. The van der Waals surface area contributed by atoms with Crippen LogP contribution >= 0.6 is 0 Å². The molecule has 0 aliphatic rings. The minimum atomic E-state index is -0.324. The predicted molar refractivity (Wildman–Crippen MR) is 103 cm³/mol. The summed E-state index contributed by atoms with van der Waals surface area (Å²) >= 11 is 0. The third-order valence-electron chi connectivity index (χ3n) is 3.99. The molecule has 3 N–H and O–H groups in total. The minimum absolute atomic E-state index is 0.119. The second-order valence-corrected chi connectivity index (χ2v) is 5.81. The van der Waals surface area contributed by atoms with E-state index in [2.05, 4.69) is 31.8 Å². The van der Waals surface area contributed by atoms with Gasteiger partial charge in [0.15, 0.2) is 0 Å². The highest BCUT2D eigenvalue weighted by Crippen LogP contribution is 2.28. The number of nitriles is 1. The van der Waals surface area contributed by atoms with Gasteiger partial charge in [-0.1, -0.05) is 12.6 Å². The molecule has 3 aromatic rings. The molecule has 8 heteroatoms. The lowest BCUT2D eigenvalue weighted by molar-refractivity contribution is 0.814. The van der Waals surface area contributed by atoms with Crippen molar-refractivity contribution in [2.75, 3.05) is 11.1 Å². The van der Waals surface area contributed by atoms with Crippen molar-refractivity contribution in [2.45, 2.75) is 19.9 Å². The van der Waals surface area contributed by atoms with E-state index in [-0.39, 0.29) is 17.4 Å². The first-order valence-corrected chi connectivity index (χ1v) is 8.24. The predicted octanol–water partition coefficient (Wildman–Crippen LogP) is 2.91. The van der Waals surface area contributed by atoms with E-state index in [0.717, 1.165) is 5.69 Å². The highest BCUT2D eigenvalue weighted by Gasteiger charge is 2.20. The molecule has 3 heterocycles. The van der Waals surface area contributed by atoms with E-state index in [1.807, 2.05) is 38.1 Å². The van der Waals surface area contributed by atoms with Crippen LogP contribution in [0.5, 0.6) is 0 Å². The topological polar surface area (TPSA) is 126 Å². The molecule has 1 atom stereocenters. The zero-order valence-electron chi connectivity index (χ0n) is 15.0. The molecule has 0 radical (unpaired) electrons. The van der Waals surface area contributed by atoms with E-state index in [0.29, 0.717) is 28.6 Å². The molecule has 27 heavy (non-hydrogen) atoms. The lowest BCUT2D eigenvalue weighted by atomic mass is 10.1. The second-order valence-electron chi connectivity index (χ2n) is 5.81. The summed E-state index contributed by atoms with van der Waals surface area (Å²) in [5.41, 5.74) is 9.41. The van der Waals surface area contributed by atoms with E-state index < -0.39 is 0 Å². The highest BCUT2D eigenvalue weighted by molar-refractivity contribution is 5.65. The molecule has 0 aliphatic carbocycles. The number of nitrogens with two attached hydrogens (primary N) is 1. The molecule has 0 saturated carbocycles. The Labute approximate surface area is 156 Å². The number of hydrogen-bond acceptors (Lipinski definition) is 8. The minimum Gasteiger partial charge on any atom is -0.382 e. The van der Waals surface area contributed by atoms with Gasteiger partial charge in [-0.15, -0.1) is 0 Å². The van der Waals surface area contributed by atoms with Crippen molar-refractivity contribution < 1.29 is 0 Å². The molecular formula is C19H18N8. The molecule has 0 saturated heterocycles. The van der Waals surface area contributed by atoms with Crippen LogP contribution in [0.25, 0.3) is 17.5 Å². The average Bonchev–Trinajstić information content (AvgIpc) is 2.68. The van der Waals surface area contributed by atoms with Crippen LogP contribution in [0.3, 0.4) is 0 Å². The molecule has 3 rings (SSSR count). The molecule has 1 unspecified atom stereocenters. The van der Waals surface area contributed by atoms with Crippen LogP contribution in [0.15, 0.2) is 37.3 Å². The van der Waals surface area contributed by atoms with Gasteiger partial charge in [-0.3, -0.25) is 4.98 Å². The fourth-order valence-electron chi connectivity index (χ4n) is 2.62. The normalized spacial score (nSPS) is 11.4. The highest BCUT2D eigenvalue weighted by atomic mass is 15.1. The van der Waals surface area contributed by atoms with Crippen LogP contribution < -0.4 is 11.1 Å². The maximum absolute atomic E-state index is 9.33. The zero-order chi connectivity index (χ0) is 19.4. The quantitative estimate of drug-likeness (QED) is 0.713. The first-order valence-electron chi connectivity index (χ1n) is 8.24. The van der Waals surface area contributed by atoms with Gasteiger partial charge >= 0.3 is 0 Å². The van der Waals surface area contributed by atoms with E-state index >= 15 is 0 Å². The van der Waals surface area contributed by atoms with Crippen LogP contribution in [0.4, 0.5) is 11.6 Å². The maximum Gasteiger partial charge on any atom is 0.150 e. The molecule has 0 spiro atoms. The van der Waals surface area contributed by atoms with E-state index in [4.69, 9.17) is 10.7 Å². The Balaban J connectivity index is 2.09. The number of nitrogens with one attached hydrogen (secondary N) is 1. The average molecular weight is 358 g/mol. The van der Waals surface area contributed by atoms with Gasteiger partial charge in [0.2, 0.25) is 0 Å². The van der Waals surface area contributed by atoms with E-state index in [1.165, 1.54) is 6.33 Å². The Morgan fingerprint density at radius 3 is 2.74 bits per heavy atom. The summed E-state index contributed by atoms with van der Waals surface area (Å²) in [6, 6.07) is 7.30. The van der Waals surface area contributed by atoms with Crippen LogP contribution in [0.1, 0.15) is 35.6 Å². The Hall–Kier alpha value is -3.86. The van der Waals surface area contributed by atoms with Gasteiger partial charge in [0.05, 0.1) is 28.8 Å². The van der Waals surface area contributed by atoms with E-state index in [9.17, 15) is 5.26 Å². The van der Waals surface area contributed by atoms with Crippen molar-refractivity contribution in [3.8, 4) is 17.5 Å². The van der Waals surface area contributed by atoms with Crippen LogP contribution in [0.2, 0.25) is 0 Å². The summed E-state index contributed by atoms with van der Waals surface area (Å²) in [6.45, 7) is 7.57. The fourth-order valence-corrected chi connectivity index (χ4v) is 2.62. The standard InChI is InChI=1S/C19H18N8/c1-4-14-11(2)25-17(15-7-5-6-8-22-15)16(27-14)12(3)26-19-13(9-20)18(21)23-10-24-19/h4-8,10,12H,1H2,2-3H3,(H3,21,23,24,26). The number of nitrogen functional groups attached to an aromatic ring is 1. The van der Waals surface area contributed by atoms with Gasteiger partial charge in [-0.2, -0.15) is 5.26 Å². The molecule has 0 fully saturated rings. The van der Waals surface area contributed by atoms with Crippen molar-refractivity contribution in [1.29, 1.82) is 5.26 Å². The Kier molecular flexibility index (Phi) is 5.04. The molecule has 0 amide bonds. The SMILES string of the molecule is C=Cc1nc(C(C)Nc2ncnc(N)c2C#N)c(-c2ccccn2)nc1C. The molecule has 0 bridgehead atoms. The van der Waals surface area contributed by atoms with Gasteiger partial charge in [-0.05, 0) is 32.1 Å². The van der Waals surface area contributed by atoms with Crippen molar-refractivity contribution in [3.05, 3.63) is 59.9 Å². The van der Waals surface area contributed by atoms with Gasteiger partial charge in [0.1, 0.15) is 35.3 Å². The number of aryl methyl sites for hydroxylation is 1. The number of aromatic nitrogens is 5. The summed E-state index contributed by atoms with van der Waals surface area (Å²) in [6.07, 6.45) is 4.67. The second kappa shape index (κ2) is 7.58. The summed E-state index contributed by atoms with van der Waals surface area (Å²) in [5, 5.41) is 12.5. The first-order chi connectivity index (χ1) is 13.0. The lowest BCUT2D eigenvalue weighted by Gasteiger charge is -2.19. The van der Waals surface area contributed by atoms with Gasteiger partial charge in [0, 0.05) is 6.20 Å². The largest absolute Gasteiger partial charge is 0.382 e. The molecular weight excluding hydrogens is 340 g/mol. The van der Waals surface area contributed by atoms with Crippen molar-refractivity contribution in [2.24, 2.45) is 0 Å². The molecule has 0 aliphatic heterocycles. The molecule has 8 nitrogen and oxygen atoms in total. The third kappa shape index (κ3) is 3.57. The summed E-state index contributed by atoms with van der Waals surface area (Å²) in [5.74, 6) is 0.459. The number of hydrogen-bond donors (Lipinski definition) is 2. The van der Waals surface area contributed by atoms with E-state index in [1.54, 1.807) is 12.3 Å². The molecule has 0 aromatic carbocycles. The number of nitrogens with zero attached hydrogens (tertiary/aromatic N) is 6. The fraction of sp³-hybridized carbons (Fsp3) is 0.158. The Morgan fingerprint density at radius 1 is 1.26 bits per heavy atom. The molecule has 134 valence electrons. The monoisotopic (exact) mass is 358 g/mol. The van der Waals surface area contributed by atoms with Crippen molar-refractivity contribution in [1.82, 2.24) is 24.9 Å². The Morgan fingerprint density at radius 2 is 2.07 bits per heavy atom. The van der Waals surface area contributed by atoms with Gasteiger partial charge in [-0.25, -0.2) is 19.9 Å². The maximum atomic E-state index is 9.33. The lowest BCUT2D eigenvalue weighted by Crippen LogP contribution is -2.15. The Bertz CT molecular complexity index is 1020. The van der Waals surface area contributed by atoms with Crippen molar-refractivity contribution in [3.63, 3.8) is 0 Å². The zero-order valence-corrected chi connectivity index (χ0v) is 15.0. The van der Waals surface area contributed by atoms with Gasteiger partial charge < -0.3 is 11.1 Å². The number of pyridine rings is 1. The van der Waals surface area contributed by atoms with Crippen molar-refractivity contribution >= 4 is 17.7 Å².